The molecule has 0 radical (unpaired) electrons. The maximum atomic E-state index is 12.7. The molecule has 2 saturated heterocycles. The molecule has 39 heavy (non-hydrogen) atoms. The van der Waals surface area contributed by atoms with Crippen molar-refractivity contribution < 1.29 is 59.1 Å². The van der Waals surface area contributed by atoms with Gasteiger partial charge in [-0.2, -0.15) is 0 Å². The predicted molar refractivity (Wildman–Crippen MR) is 131 cm³/mol. The average Bonchev–Trinajstić information content (AvgIpc) is 2.89. The van der Waals surface area contributed by atoms with Gasteiger partial charge in [-0.25, -0.2) is 0 Å². The van der Waals surface area contributed by atoms with Crippen LogP contribution in [0.3, 0.4) is 0 Å². The van der Waals surface area contributed by atoms with Gasteiger partial charge in [0.2, 0.25) is 6.29 Å². The molecular weight excluding hydrogens is 520 g/mol. The fourth-order valence-corrected chi connectivity index (χ4v) is 4.56. The van der Waals surface area contributed by atoms with Crippen molar-refractivity contribution in [1.29, 1.82) is 0 Å². The van der Waals surface area contributed by atoms with Crippen LogP contribution in [0, 0.1) is 0 Å². The lowest BCUT2D eigenvalue weighted by molar-refractivity contribution is -0.334. The van der Waals surface area contributed by atoms with Crippen LogP contribution in [0.4, 0.5) is 0 Å². The normalized spacial score (nSPS) is 33.2. The molecule has 7 N–H and O–H groups in total. The van der Waals surface area contributed by atoms with E-state index in [1.54, 1.807) is 12.1 Å². The molecule has 2 aliphatic heterocycles. The second-order valence-corrected chi connectivity index (χ2v) is 9.50. The molecule has 3 heterocycles. The van der Waals surface area contributed by atoms with Gasteiger partial charge >= 0.3 is 0 Å². The van der Waals surface area contributed by atoms with Crippen LogP contribution in [0.25, 0.3) is 22.3 Å². The minimum atomic E-state index is -1.67. The van der Waals surface area contributed by atoms with E-state index in [2.05, 4.69) is 0 Å². The van der Waals surface area contributed by atoms with Crippen LogP contribution in [0.1, 0.15) is 6.92 Å². The molecule has 210 valence electrons. The summed E-state index contributed by atoms with van der Waals surface area (Å²) in [6.45, 7) is 1.20. The molecule has 0 spiro atoms. The minimum Gasteiger partial charge on any atom is -0.508 e. The quantitative estimate of drug-likeness (QED) is 0.216. The lowest BCUT2D eigenvalue weighted by Crippen LogP contribution is -2.62. The van der Waals surface area contributed by atoms with E-state index in [4.69, 9.17) is 23.4 Å². The maximum Gasteiger partial charge on any atom is 0.229 e. The molecule has 2 aromatic carbocycles. The molecular formula is C26H28O13. The Hall–Kier alpha value is -3.27. The molecule has 0 saturated carbocycles. The van der Waals surface area contributed by atoms with Crippen molar-refractivity contribution in [2.45, 2.75) is 62.2 Å². The summed E-state index contributed by atoms with van der Waals surface area (Å²) in [6, 6.07) is 9.60. The first-order chi connectivity index (χ1) is 18.5. The highest BCUT2D eigenvalue weighted by molar-refractivity contribution is 5.86. The second-order valence-electron chi connectivity index (χ2n) is 9.50. The Kier molecular flexibility index (Phi) is 7.50. The first-order valence-electron chi connectivity index (χ1n) is 12.1. The fourth-order valence-electron chi connectivity index (χ4n) is 4.56. The predicted octanol–water partition coefficient (Wildman–Crippen LogP) is -0.459. The number of phenolic OH excluding ortho intramolecular Hbond substituents is 2. The van der Waals surface area contributed by atoms with E-state index < -0.39 is 66.5 Å². The second kappa shape index (κ2) is 10.7. The van der Waals surface area contributed by atoms with Gasteiger partial charge in [-0.05, 0) is 31.2 Å². The third-order valence-electron chi connectivity index (χ3n) is 6.71. The summed E-state index contributed by atoms with van der Waals surface area (Å²) in [4.78, 5) is 12.7. The summed E-state index contributed by atoms with van der Waals surface area (Å²) >= 11 is 0. The number of aliphatic hydroxyl groups excluding tert-OH is 5. The van der Waals surface area contributed by atoms with Gasteiger partial charge in [0.05, 0.1) is 12.7 Å². The number of hydrogen-bond acceptors (Lipinski definition) is 13. The molecule has 13 nitrogen and oxygen atoms in total. The van der Waals surface area contributed by atoms with Gasteiger partial charge in [0.15, 0.2) is 11.7 Å². The van der Waals surface area contributed by atoms with Crippen LogP contribution in [0.2, 0.25) is 0 Å². The third-order valence-corrected chi connectivity index (χ3v) is 6.71. The molecule has 0 amide bonds. The van der Waals surface area contributed by atoms with Gasteiger partial charge < -0.3 is 59.1 Å². The molecule has 1 aromatic heterocycles. The van der Waals surface area contributed by atoms with Crippen LogP contribution in [0.5, 0.6) is 17.2 Å². The van der Waals surface area contributed by atoms with Crippen molar-refractivity contribution >= 4 is 11.0 Å². The smallest absolute Gasteiger partial charge is 0.229 e. The van der Waals surface area contributed by atoms with Crippen molar-refractivity contribution in [3.05, 3.63) is 52.7 Å². The minimum absolute atomic E-state index is 0.0233. The lowest BCUT2D eigenvalue weighted by atomic mass is 9.99. The molecule has 9 atom stereocenters. The topological polar surface area (TPSA) is 209 Å². The Morgan fingerprint density at radius 3 is 2.28 bits per heavy atom. The highest BCUT2D eigenvalue weighted by atomic mass is 16.7. The van der Waals surface area contributed by atoms with Gasteiger partial charge in [-0.1, -0.05) is 0 Å². The van der Waals surface area contributed by atoms with Gasteiger partial charge in [0.1, 0.15) is 70.6 Å². The zero-order valence-electron chi connectivity index (χ0n) is 20.5. The molecule has 3 aromatic rings. The molecule has 0 unspecified atom stereocenters. The van der Waals surface area contributed by atoms with Gasteiger partial charge in [-0.15, -0.1) is 0 Å². The number of aliphatic hydroxyl groups is 5. The summed E-state index contributed by atoms with van der Waals surface area (Å²) in [5.41, 5.74) is -0.0447. The van der Waals surface area contributed by atoms with E-state index in [0.717, 1.165) is 6.07 Å². The number of aromatic hydroxyl groups is 2. The molecule has 2 aliphatic rings. The molecule has 0 bridgehead atoms. The zero-order valence-corrected chi connectivity index (χ0v) is 20.5. The van der Waals surface area contributed by atoms with Gasteiger partial charge in [0, 0.05) is 23.8 Å². The van der Waals surface area contributed by atoms with E-state index in [0.29, 0.717) is 5.56 Å². The SMILES string of the molecule is C[C@@H]1O[C@@H](Oc2cc(O)c3c(=O)cc(-c4ccc(O)cc4)oc3c2)[C@H](O)[C@@H](O)[C@@H]1O[C@H]1OC[C@@H](O)[C@H](O)[C@H]1O. The monoisotopic (exact) mass is 548 g/mol. The van der Waals surface area contributed by atoms with E-state index >= 15 is 0 Å². The summed E-state index contributed by atoms with van der Waals surface area (Å²) in [5, 5.41) is 70.9. The van der Waals surface area contributed by atoms with Gasteiger partial charge in [-0.3, -0.25) is 4.79 Å². The van der Waals surface area contributed by atoms with E-state index in [9.17, 15) is 40.5 Å². The molecule has 2 fully saturated rings. The number of rotatable bonds is 5. The Labute approximate surface area is 220 Å². The number of fused-ring (bicyclic) bond motifs is 1. The summed E-state index contributed by atoms with van der Waals surface area (Å²) in [6.07, 6.45) is -12.7. The van der Waals surface area contributed by atoms with Crippen molar-refractivity contribution in [3.63, 3.8) is 0 Å². The number of benzene rings is 2. The van der Waals surface area contributed by atoms with E-state index in [1.807, 2.05) is 0 Å². The number of phenols is 2. The van der Waals surface area contributed by atoms with Crippen LogP contribution >= 0.6 is 0 Å². The van der Waals surface area contributed by atoms with Crippen LogP contribution in [-0.4, -0.2) is 97.7 Å². The molecule has 13 heteroatoms. The Morgan fingerprint density at radius 1 is 0.872 bits per heavy atom. The van der Waals surface area contributed by atoms with E-state index in [1.165, 1.54) is 31.2 Å². The largest absolute Gasteiger partial charge is 0.508 e. The van der Waals surface area contributed by atoms with Gasteiger partial charge in [0.25, 0.3) is 0 Å². The van der Waals surface area contributed by atoms with Crippen LogP contribution in [-0.2, 0) is 14.2 Å². The lowest BCUT2D eigenvalue weighted by Gasteiger charge is -2.44. The summed E-state index contributed by atoms with van der Waals surface area (Å²) < 4.78 is 28.0. The zero-order chi connectivity index (χ0) is 28.0. The van der Waals surface area contributed by atoms with Crippen molar-refractivity contribution in [3.8, 4) is 28.6 Å². The average molecular weight is 548 g/mol. The van der Waals surface area contributed by atoms with Crippen molar-refractivity contribution in [2.24, 2.45) is 0 Å². The highest BCUT2D eigenvalue weighted by Crippen LogP contribution is 2.34. The highest BCUT2D eigenvalue weighted by Gasteiger charge is 2.48. The first-order valence-corrected chi connectivity index (χ1v) is 12.1. The standard InChI is InChI=1S/C26H28O13/c1-10-24(39-25-22(33)20(31)16(30)9-35-25)21(32)23(34)26(36-10)37-13-6-14(28)19-15(29)8-17(38-18(19)7-13)11-2-4-12(27)5-3-11/h2-8,10,16,20-28,30-34H,9H2,1H3/t10-,16+,20-,21+,22+,23+,24+,25+,26-/m0/s1. The first kappa shape index (κ1) is 27.3. The van der Waals surface area contributed by atoms with Crippen LogP contribution < -0.4 is 10.2 Å². The summed E-state index contributed by atoms with van der Waals surface area (Å²) in [5.74, 6) is -0.286. The molecule has 0 aliphatic carbocycles. The number of ether oxygens (including phenoxy) is 4. The molecule has 5 rings (SSSR count). The maximum absolute atomic E-state index is 12.7. The Bertz CT molecular complexity index is 1370. The third kappa shape index (κ3) is 5.31. The number of hydrogen-bond donors (Lipinski definition) is 7. The Morgan fingerprint density at radius 2 is 1.56 bits per heavy atom. The Balaban J connectivity index is 1.35. The van der Waals surface area contributed by atoms with Crippen LogP contribution in [0.15, 0.2) is 51.7 Å². The van der Waals surface area contributed by atoms with Crippen molar-refractivity contribution in [1.82, 2.24) is 0 Å². The fraction of sp³-hybridized carbons (Fsp3) is 0.423. The van der Waals surface area contributed by atoms with E-state index in [-0.39, 0.29) is 34.8 Å². The van der Waals surface area contributed by atoms with Crippen molar-refractivity contribution in [2.75, 3.05) is 6.61 Å². The summed E-state index contributed by atoms with van der Waals surface area (Å²) in [7, 11) is 0.